The van der Waals surface area contributed by atoms with Crippen molar-refractivity contribution in [2.45, 2.75) is 25.6 Å². The van der Waals surface area contributed by atoms with E-state index in [4.69, 9.17) is 14.4 Å². The van der Waals surface area contributed by atoms with E-state index in [9.17, 15) is 5.11 Å². The van der Waals surface area contributed by atoms with Gasteiger partial charge in [-0.1, -0.05) is 12.1 Å². The van der Waals surface area contributed by atoms with Crippen molar-refractivity contribution in [3.8, 4) is 11.8 Å². The van der Waals surface area contributed by atoms with Gasteiger partial charge in [0.05, 0.1) is 18.9 Å². The molecule has 2 atom stereocenters. The van der Waals surface area contributed by atoms with Crippen molar-refractivity contribution in [3.63, 3.8) is 0 Å². The molecule has 0 saturated carbocycles. The maximum atomic E-state index is 9.37. The largest absolute Gasteiger partial charge is 0.476 e. The van der Waals surface area contributed by atoms with Crippen LogP contribution < -0.4 is 10.1 Å². The monoisotopic (exact) mass is 286 g/mol. The zero-order chi connectivity index (χ0) is 15.1. The summed E-state index contributed by atoms with van der Waals surface area (Å²) in [5.41, 5.74) is 1.05. The first kappa shape index (κ1) is 15.1. The molecule has 0 aliphatic heterocycles. The predicted octanol–water partition coefficient (Wildman–Crippen LogP) is 2.39. The minimum atomic E-state index is -0.466. The molecule has 5 heteroatoms. The van der Waals surface area contributed by atoms with Crippen molar-refractivity contribution in [1.29, 1.82) is 5.26 Å². The van der Waals surface area contributed by atoms with E-state index in [2.05, 4.69) is 5.32 Å². The first-order valence-corrected chi connectivity index (χ1v) is 6.75. The Balaban J connectivity index is 1.90. The number of nitrogens with zero attached hydrogens (tertiary/aromatic N) is 1. The normalized spacial score (nSPS) is 13.4. The van der Waals surface area contributed by atoms with E-state index in [1.807, 2.05) is 36.4 Å². The second-order valence-corrected chi connectivity index (χ2v) is 4.66. The van der Waals surface area contributed by atoms with Gasteiger partial charge < -0.3 is 19.6 Å². The molecule has 0 radical (unpaired) electrons. The molecule has 0 spiro atoms. The number of benzene rings is 1. The van der Waals surface area contributed by atoms with E-state index in [0.717, 1.165) is 5.56 Å². The van der Waals surface area contributed by atoms with Crippen LogP contribution in [0, 0.1) is 11.3 Å². The summed E-state index contributed by atoms with van der Waals surface area (Å²) in [6.07, 6.45) is 1.12. The summed E-state index contributed by atoms with van der Waals surface area (Å²) in [4.78, 5) is 0. The van der Waals surface area contributed by atoms with Crippen molar-refractivity contribution in [3.05, 3.63) is 54.0 Å². The van der Waals surface area contributed by atoms with E-state index < -0.39 is 6.10 Å². The molecule has 21 heavy (non-hydrogen) atoms. The van der Waals surface area contributed by atoms with Crippen LogP contribution in [-0.4, -0.2) is 17.8 Å². The van der Waals surface area contributed by atoms with Crippen LogP contribution in [0.2, 0.25) is 0 Å². The van der Waals surface area contributed by atoms with Gasteiger partial charge in [-0.25, -0.2) is 0 Å². The average Bonchev–Trinajstić information content (AvgIpc) is 3.03. The molecular weight excluding hydrogens is 268 g/mol. The molecule has 110 valence electrons. The summed E-state index contributed by atoms with van der Waals surface area (Å²) in [7, 11) is 0. The van der Waals surface area contributed by atoms with Gasteiger partial charge >= 0.3 is 0 Å². The smallest absolute Gasteiger partial charge is 0.181 e. The fraction of sp³-hybridized carbons (Fsp3) is 0.312. The molecule has 0 amide bonds. The quantitative estimate of drug-likeness (QED) is 0.817. The number of hydrogen-bond donors (Lipinski definition) is 2. The number of nitrogens with one attached hydrogen (secondary N) is 1. The molecule has 1 aromatic carbocycles. The van der Waals surface area contributed by atoms with E-state index in [1.54, 1.807) is 19.3 Å². The maximum Gasteiger partial charge on any atom is 0.181 e. The molecule has 2 aromatic rings. The third-order valence-electron chi connectivity index (χ3n) is 3.04. The number of aliphatic hydroxyl groups excluding tert-OH is 1. The zero-order valence-corrected chi connectivity index (χ0v) is 11.8. The second-order valence-electron chi connectivity index (χ2n) is 4.66. The predicted molar refractivity (Wildman–Crippen MR) is 77.5 cm³/mol. The summed E-state index contributed by atoms with van der Waals surface area (Å²) in [5, 5.41) is 21.3. The number of nitriles is 1. The topological polar surface area (TPSA) is 78.4 Å². The Morgan fingerprint density at radius 2 is 2.10 bits per heavy atom. The molecule has 0 aliphatic carbocycles. The van der Waals surface area contributed by atoms with Crippen LogP contribution in [0.15, 0.2) is 47.1 Å². The highest BCUT2D eigenvalue weighted by Gasteiger charge is 2.12. The summed E-state index contributed by atoms with van der Waals surface area (Å²) < 4.78 is 10.7. The molecule has 0 bridgehead atoms. The molecule has 1 heterocycles. The Morgan fingerprint density at radius 3 is 2.67 bits per heavy atom. The van der Waals surface area contributed by atoms with Crippen LogP contribution in [0.4, 0.5) is 0 Å². The lowest BCUT2D eigenvalue weighted by atomic mass is 10.2. The SMILES string of the molecule is CC(C#N)Oc1ccc(CNC(CO)c2ccco2)cc1. The fourth-order valence-electron chi connectivity index (χ4n) is 1.90. The van der Waals surface area contributed by atoms with E-state index in [0.29, 0.717) is 18.1 Å². The lowest BCUT2D eigenvalue weighted by molar-refractivity contribution is 0.225. The van der Waals surface area contributed by atoms with E-state index in [-0.39, 0.29) is 12.6 Å². The van der Waals surface area contributed by atoms with Gasteiger partial charge in [-0.3, -0.25) is 0 Å². The highest BCUT2D eigenvalue weighted by atomic mass is 16.5. The number of rotatable bonds is 7. The molecule has 0 aliphatic rings. The summed E-state index contributed by atoms with van der Waals surface area (Å²) in [6, 6.07) is 12.9. The van der Waals surface area contributed by atoms with Gasteiger partial charge in [-0.2, -0.15) is 5.26 Å². The van der Waals surface area contributed by atoms with Crippen LogP contribution >= 0.6 is 0 Å². The van der Waals surface area contributed by atoms with Crippen molar-refractivity contribution >= 4 is 0 Å². The summed E-state index contributed by atoms with van der Waals surface area (Å²) in [6.45, 7) is 2.26. The standard InChI is InChI=1S/C16H18N2O3/c1-12(9-17)21-14-6-4-13(5-7-14)10-18-15(11-19)16-3-2-8-20-16/h2-8,12,15,18-19H,10-11H2,1H3. The highest BCUT2D eigenvalue weighted by Crippen LogP contribution is 2.16. The fourth-order valence-corrected chi connectivity index (χ4v) is 1.90. The van der Waals surface area contributed by atoms with Gasteiger partial charge in [0.2, 0.25) is 0 Å². The molecule has 5 nitrogen and oxygen atoms in total. The third-order valence-corrected chi connectivity index (χ3v) is 3.04. The van der Waals surface area contributed by atoms with Crippen molar-refractivity contribution in [2.24, 2.45) is 0 Å². The van der Waals surface area contributed by atoms with Gasteiger partial charge in [0, 0.05) is 6.54 Å². The van der Waals surface area contributed by atoms with Gasteiger partial charge in [0.15, 0.2) is 6.10 Å². The number of hydrogen-bond acceptors (Lipinski definition) is 5. The first-order chi connectivity index (χ1) is 10.2. The average molecular weight is 286 g/mol. The van der Waals surface area contributed by atoms with E-state index in [1.165, 1.54) is 0 Å². The summed E-state index contributed by atoms with van der Waals surface area (Å²) >= 11 is 0. The van der Waals surface area contributed by atoms with Crippen LogP contribution in [-0.2, 0) is 6.54 Å². The van der Waals surface area contributed by atoms with Gasteiger partial charge in [-0.15, -0.1) is 0 Å². The number of ether oxygens (including phenoxy) is 1. The van der Waals surface area contributed by atoms with E-state index >= 15 is 0 Å². The molecule has 2 N–H and O–H groups in total. The minimum absolute atomic E-state index is 0.0333. The molecule has 1 aromatic heterocycles. The van der Waals surface area contributed by atoms with Crippen molar-refractivity contribution in [2.75, 3.05) is 6.61 Å². The van der Waals surface area contributed by atoms with Crippen molar-refractivity contribution < 1.29 is 14.3 Å². The summed E-state index contributed by atoms with van der Waals surface area (Å²) in [5.74, 6) is 1.37. The molecule has 2 rings (SSSR count). The Bertz CT molecular complexity index is 573. The third kappa shape index (κ3) is 4.35. The maximum absolute atomic E-state index is 9.37. The minimum Gasteiger partial charge on any atom is -0.476 e. The Hall–Kier alpha value is -2.29. The van der Waals surface area contributed by atoms with Crippen molar-refractivity contribution in [1.82, 2.24) is 5.32 Å². The Kier molecular flexibility index (Phi) is 5.38. The molecule has 0 saturated heterocycles. The van der Waals surface area contributed by atoms with Gasteiger partial charge in [0.1, 0.15) is 17.6 Å². The lowest BCUT2D eigenvalue weighted by Gasteiger charge is -2.14. The number of aliphatic hydroxyl groups is 1. The van der Waals surface area contributed by atoms with Crippen LogP contribution in [0.25, 0.3) is 0 Å². The number of furan rings is 1. The van der Waals surface area contributed by atoms with Crippen LogP contribution in [0.3, 0.4) is 0 Å². The zero-order valence-electron chi connectivity index (χ0n) is 11.8. The lowest BCUT2D eigenvalue weighted by Crippen LogP contribution is -2.23. The molecule has 2 unspecified atom stereocenters. The Labute approximate surface area is 123 Å². The molecule has 0 fully saturated rings. The Morgan fingerprint density at radius 1 is 1.33 bits per heavy atom. The van der Waals surface area contributed by atoms with Gasteiger partial charge in [0.25, 0.3) is 0 Å². The highest BCUT2D eigenvalue weighted by molar-refractivity contribution is 5.28. The van der Waals surface area contributed by atoms with Gasteiger partial charge in [-0.05, 0) is 36.8 Å². The molecular formula is C16H18N2O3. The first-order valence-electron chi connectivity index (χ1n) is 6.75. The van der Waals surface area contributed by atoms with Crippen LogP contribution in [0.1, 0.15) is 24.3 Å². The second kappa shape index (κ2) is 7.48. The van der Waals surface area contributed by atoms with Crippen LogP contribution in [0.5, 0.6) is 5.75 Å².